The number of pyridine rings is 1. The Kier molecular flexibility index (Phi) is 5.82. The minimum atomic E-state index is 1.03. The minimum Gasteiger partial charge on any atom is -0.265 e. The second-order valence-corrected chi connectivity index (χ2v) is 8.91. The summed E-state index contributed by atoms with van der Waals surface area (Å²) in [5.74, 6) is 0. The lowest BCUT2D eigenvalue weighted by atomic mass is 9.83. The van der Waals surface area contributed by atoms with E-state index in [0.29, 0.717) is 0 Å². The van der Waals surface area contributed by atoms with Crippen molar-refractivity contribution in [1.29, 1.82) is 0 Å². The lowest BCUT2D eigenvalue weighted by molar-refractivity contribution is 0.818. The molecule has 0 saturated heterocycles. The lowest BCUT2D eigenvalue weighted by Gasteiger charge is -2.21. The van der Waals surface area contributed by atoms with E-state index in [4.69, 9.17) is 0 Å². The van der Waals surface area contributed by atoms with Gasteiger partial charge in [-0.05, 0) is 93.8 Å². The van der Waals surface area contributed by atoms with Gasteiger partial charge in [0, 0.05) is 16.9 Å². The molecule has 2 heteroatoms. The minimum absolute atomic E-state index is 1.03. The number of halogens is 1. The molecule has 0 bridgehead atoms. The third-order valence-electron chi connectivity index (χ3n) is 6.10. The molecule has 152 valence electrons. The number of fused-ring (bicyclic) bond motifs is 5. The van der Waals surface area contributed by atoms with Gasteiger partial charge in [-0.15, -0.1) is 0 Å². The smallest absolute Gasteiger partial charge is 0.0267 e. The molecule has 2 aliphatic rings. The Balaban J connectivity index is 0.000000296. The van der Waals surface area contributed by atoms with Crippen LogP contribution in [-0.2, 0) is 12.8 Å². The maximum Gasteiger partial charge on any atom is 0.0267 e. The van der Waals surface area contributed by atoms with Crippen molar-refractivity contribution in [3.05, 3.63) is 123 Å². The summed E-state index contributed by atoms with van der Waals surface area (Å²) in [6.07, 6.45) is 10.6. The second kappa shape index (κ2) is 9.03. The van der Waals surface area contributed by atoms with Gasteiger partial charge in [0.15, 0.2) is 0 Å². The standard InChI is InChI=1S/C24H19Br.C5H5N/c25-19-12-8-17(9-13-19)21-7-3-5-18-11-14-22-20-6-2-1-4-16(20)10-15-23(22)24(18)21;1-2-4-6-5-3-1/h1-2,4,6,8-9,11-15H,3,5,7,10H2;1-5H. The molecule has 0 aliphatic heterocycles. The van der Waals surface area contributed by atoms with E-state index in [1.807, 2.05) is 18.2 Å². The first-order valence-corrected chi connectivity index (χ1v) is 11.6. The third kappa shape index (κ3) is 4.13. The zero-order valence-electron chi connectivity index (χ0n) is 17.4. The third-order valence-corrected chi connectivity index (χ3v) is 6.63. The van der Waals surface area contributed by atoms with Crippen molar-refractivity contribution in [1.82, 2.24) is 4.98 Å². The van der Waals surface area contributed by atoms with E-state index in [1.54, 1.807) is 12.4 Å². The summed E-state index contributed by atoms with van der Waals surface area (Å²) in [5.41, 5.74) is 8.64. The Bertz CT molecular complexity index is 1300. The largest absolute Gasteiger partial charge is 0.265 e. The highest BCUT2D eigenvalue weighted by atomic mass is 79.9. The molecule has 1 nitrogen and oxygen atoms in total. The molecule has 0 fully saturated rings. The van der Waals surface area contributed by atoms with Crippen molar-refractivity contribution >= 4 is 27.6 Å². The van der Waals surface area contributed by atoms with E-state index in [1.165, 1.54) is 63.1 Å². The summed E-state index contributed by atoms with van der Waals surface area (Å²) in [7, 11) is 0. The van der Waals surface area contributed by atoms with E-state index in [2.05, 4.69) is 87.7 Å². The van der Waals surface area contributed by atoms with E-state index in [9.17, 15) is 0 Å². The Hall–Kier alpha value is -2.97. The number of rotatable bonds is 1. The van der Waals surface area contributed by atoms with Crippen molar-refractivity contribution in [2.24, 2.45) is 0 Å². The molecule has 0 atom stereocenters. The molecule has 1 aromatic heterocycles. The summed E-state index contributed by atoms with van der Waals surface area (Å²) in [6, 6.07) is 28.1. The zero-order chi connectivity index (χ0) is 21.0. The molecule has 2 aliphatic carbocycles. The Labute approximate surface area is 191 Å². The summed E-state index contributed by atoms with van der Waals surface area (Å²) in [6.45, 7) is 0. The van der Waals surface area contributed by atoms with Crippen LogP contribution in [-0.4, -0.2) is 4.98 Å². The van der Waals surface area contributed by atoms with Crippen molar-refractivity contribution in [2.75, 3.05) is 0 Å². The van der Waals surface area contributed by atoms with Crippen LogP contribution in [0.5, 0.6) is 0 Å². The van der Waals surface area contributed by atoms with E-state index >= 15 is 0 Å². The van der Waals surface area contributed by atoms with Crippen LogP contribution in [0, 0.1) is 0 Å². The van der Waals surface area contributed by atoms with Crippen LogP contribution in [0.4, 0.5) is 0 Å². The molecule has 0 N–H and O–H groups in total. The number of nitrogens with zero attached hydrogens (tertiary/aromatic N) is 1. The van der Waals surface area contributed by atoms with Crippen LogP contribution < -0.4 is 10.4 Å². The molecule has 0 amide bonds. The molecular formula is C29H24BrN. The molecule has 3 aromatic carbocycles. The van der Waals surface area contributed by atoms with Crippen LogP contribution in [0.3, 0.4) is 0 Å². The highest BCUT2D eigenvalue weighted by molar-refractivity contribution is 9.10. The average Bonchev–Trinajstić information content (AvgIpc) is 2.85. The Morgan fingerprint density at radius 1 is 0.677 bits per heavy atom. The van der Waals surface area contributed by atoms with Gasteiger partial charge in [-0.1, -0.05) is 76.6 Å². The number of hydrogen-bond donors (Lipinski definition) is 0. The van der Waals surface area contributed by atoms with Gasteiger partial charge in [-0.25, -0.2) is 0 Å². The molecule has 1 heterocycles. The maximum absolute atomic E-state index is 3.78. The predicted octanol–water partition coefficient (Wildman–Crippen LogP) is 6.07. The fourth-order valence-electron chi connectivity index (χ4n) is 4.68. The summed E-state index contributed by atoms with van der Waals surface area (Å²) in [4.78, 5) is 3.78. The van der Waals surface area contributed by atoms with Crippen LogP contribution in [0.2, 0.25) is 0 Å². The average molecular weight is 466 g/mol. The highest BCUT2D eigenvalue weighted by Crippen LogP contribution is 2.27. The first-order valence-electron chi connectivity index (χ1n) is 10.9. The van der Waals surface area contributed by atoms with Crippen molar-refractivity contribution in [3.63, 3.8) is 0 Å². The van der Waals surface area contributed by atoms with Gasteiger partial charge >= 0.3 is 0 Å². The van der Waals surface area contributed by atoms with Crippen LogP contribution in [0.1, 0.15) is 29.5 Å². The molecule has 31 heavy (non-hydrogen) atoms. The van der Waals surface area contributed by atoms with E-state index in [0.717, 1.165) is 10.9 Å². The molecule has 0 spiro atoms. The van der Waals surface area contributed by atoms with Crippen LogP contribution in [0.25, 0.3) is 22.8 Å². The van der Waals surface area contributed by atoms with E-state index < -0.39 is 0 Å². The fraction of sp³-hybridized carbons (Fsp3) is 0.138. The van der Waals surface area contributed by atoms with Crippen molar-refractivity contribution in [3.8, 4) is 11.1 Å². The molecule has 0 saturated carbocycles. The van der Waals surface area contributed by atoms with Crippen LogP contribution >= 0.6 is 15.9 Å². The number of benzene rings is 3. The normalized spacial score (nSPS) is 13.6. The van der Waals surface area contributed by atoms with Gasteiger partial charge in [0.1, 0.15) is 0 Å². The predicted molar refractivity (Wildman–Crippen MR) is 133 cm³/mol. The fourth-order valence-corrected chi connectivity index (χ4v) is 4.95. The van der Waals surface area contributed by atoms with Gasteiger partial charge in [-0.2, -0.15) is 0 Å². The number of aromatic nitrogens is 1. The summed E-state index contributed by atoms with van der Waals surface area (Å²) >= 11 is 3.56. The molecule has 0 unspecified atom stereocenters. The molecule has 0 radical (unpaired) electrons. The maximum atomic E-state index is 3.78. The van der Waals surface area contributed by atoms with Crippen molar-refractivity contribution in [2.45, 2.75) is 25.7 Å². The van der Waals surface area contributed by atoms with Gasteiger partial charge < -0.3 is 0 Å². The zero-order valence-corrected chi connectivity index (χ0v) is 19.0. The van der Waals surface area contributed by atoms with Gasteiger partial charge in [0.2, 0.25) is 0 Å². The Morgan fingerprint density at radius 2 is 1.48 bits per heavy atom. The Morgan fingerprint density at radius 3 is 2.23 bits per heavy atom. The SMILES string of the molecule is Brc1ccc(C2=c3c(ccc4c3=CCc3ccccc3-4)CCC2)cc1.c1ccncc1. The summed E-state index contributed by atoms with van der Waals surface area (Å²) in [5, 5.41) is 2.95. The summed E-state index contributed by atoms with van der Waals surface area (Å²) < 4.78 is 1.14. The number of hydrogen-bond acceptors (Lipinski definition) is 1. The topological polar surface area (TPSA) is 12.9 Å². The van der Waals surface area contributed by atoms with Gasteiger partial charge in [0.05, 0.1) is 0 Å². The van der Waals surface area contributed by atoms with Gasteiger partial charge in [-0.3, -0.25) is 4.98 Å². The molecular weight excluding hydrogens is 442 g/mol. The quantitative estimate of drug-likeness (QED) is 0.332. The first-order chi connectivity index (χ1) is 15.3. The lowest BCUT2D eigenvalue weighted by Crippen LogP contribution is -2.36. The molecule has 6 rings (SSSR count). The van der Waals surface area contributed by atoms with E-state index in [-0.39, 0.29) is 0 Å². The van der Waals surface area contributed by atoms with Crippen LogP contribution in [0.15, 0.2) is 95.7 Å². The first kappa shape index (κ1) is 20.0. The highest BCUT2D eigenvalue weighted by Gasteiger charge is 2.17. The second-order valence-electron chi connectivity index (χ2n) is 7.99. The van der Waals surface area contributed by atoms with Crippen molar-refractivity contribution < 1.29 is 0 Å². The monoisotopic (exact) mass is 465 g/mol. The number of aryl methyl sites for hydroxylation is 1. The van der Waals surface area contributed by atoms with Gasteiger partial charge in [0.25, 0.3) is 0 Å². The molecule has 4 aromatic rings.